The zero-order chi connectivity index (χ0) is 18.7. The Balaban J connectivity index is 1.83. The molecule has 0 saturated carbocycles. The second-order valence-electron chi connectivity index (χ2n) is 6.08. The lowest BCUT2D eigenvalue weighted by atomic mass is 10.1. The van der Waals surface area contributed by atoms with Crippen LogP contribution in [0.1, 0.15) is 23.1 Å². The first kappa shape index (κ1) is 17.5. The van der Waals surface area contributed by atoms with Crippen molar-refractivity contribution < 1.29 is 9.59 Å². The molecule has 0 aliphatic carbocycles. The Labute approximate surface area is 150 Å². The van der Waals surface area contributed by atoms with E-state index in [0.717, 1.165) is 23.0 Å². The molecule has 0 aliphatic rings. The van der Waals surface area contributed by atoms with Crippen molar-refractivity contribution in [2.24, 2.45) is 0 Å². The predicted octanol–water partition coefficient (Wildman–Crippen LogP) is 1.73. The molecule has 3 aromatic rings. The molecule has 0 aliphatic heterocycles. The standard InChI is InChI=1S/C18H20N6O2/c1-4-12-9-15(13-7-5-6-8-14(13)19-12)20-18(26)16-10-24(22-21-16)11-17(25)23(2)3/h5-10H,4,11H2,1-3H3,(H,19,20,26). The number of anilines is 1. The van der Waals surface area contributed by atoms with Crippen molar-refractivity contribution in [2.45, 2.75) is 19.9 Å². The zero-order valence-electron chi connectivity index (χ0n) is 14.9. The predicted molar refractivity (Wildman–Crippen MR) is 97.8 cm³/mol. The van der Waals surface area contributed by atoms with Gasteiger partial charge in [0.1, 0.15) is 6.54 Å². The first-order valence-electron chi connectivity index (χ1n) is 8.28. The lowest BCUT2D eigenvalue weighted by Crippen LogP contribution is -2.26. The topological polar surface area (TPSA) is 93.0 Å². The van der Waals surface area contributed by atoms with E-state index >= 15 is 0 Å². The Morgan fingerprint density at radius 1 is 1.23 bits per heavy atom. The van der Waals surface area contributed by atoms with Crippen LogP contribution in [0.2, 0.25) is 0 Å². The fourth-order valence-corrected chi connectivity index (χ4v) is 2.46. The largest absolute Gasteiger partial charge is 0.347 e. The van der Waals surface area contributed by atoms with E-state index < -0.39 is 0 Å². The van der Waals surface area contributed by atoms with E-state index in [0.29, 0.717) is 5.69 Å². The van der Waals surface area contributed by atoms with Crippen LogP contribution in [-0.4, -0.2) is 50.8 Å². The van der Waals surface area contributed by atoms with Gasteiger partial charge in [0, 0.05) is 25.2 Å². The van der Waals surface area contributed by atoms with Crippen LogP contribution in [0.3, 0.4) is 0 Å². The van der Waals surface area contributed by atoms with E-state index in [1.165, 1.54) is 15.8 Å². The molecule has 0 spiro atoms. The fourth-order valence-electron chi connectivity index (χ4n) is 2.46. The molecular formula is C18H20N6O2. The minimum absolute atomic E-state index is 0.0332. The number of para-hydroxylation sites is 1. The number of hydrogen-bond donors (Lipinski definition) is 1. The first-order chi connectivity index (χ1) is 12.5. The summed E-state index contributed by atoms with van der Waals surface area (Å²) in [5, 5.41) is 11.4. The number of carbonyl (C=O) groups is 2. The smallest absolute Gasteiger partial charge is 0.277 e. The van der Waals surface area contributed by atoms with E-state index in [9.17, 15) is 9.59 Å². The van der Waals surface area contributed by atoms with Crippen molar-refractivity contribution in [1.29, 1.82) is 0 Å². The van der Waals surface area contributed by atoms with Crippen LogP contribution in [-0.2, 0) is 17.8 Å². The molecule has 0 radical (unpaired) electrons. The highest BCUT2D eigenvalue weighted by Gasteiger charge is 2.15. The maximum Gasteiger partial charge on any atom is 0.277 e. The van der Waals surface area contributed by atoms with Gasteiger partial charge in [-0.25, -0.2) is 4.68 Å². The second kappa shape index (κ2) is 7.30. The maximum absolute atomic E-state index is 12.5. The summed E-state index contributed by atoms with van der Waals surface area (Å²) in [4.78, 5) is 30.3. The number of benzene rings is 1. The molecule has 0 atom stereocenters. The van der Waals surface area contributed by atoms with Gasteiger partial charge in [-0.2, -0.15) is 0 Å². The lowest BCUT2D eigenvalue weighted by Gasteiger charge is -2.09. The molecule has 8 nitrogen and oxygen atoms in total. The van der Waals surface area contributed by atoms with Gasteiger partial charge in [-0.3, -0.25) is 14.6 Å². The number of likely N-dealkylation sites (N-methyl/N-ethyl adjacent to an activating group) is 1. The summed E-state index contributed by atoms with van der Waals surface area (Å²) in [5.74, 6) is -0.512. The highest BCUT2D eigenvalue weighted by Crippen LogP contribution is 2.23. The highest BCUT2D eigenvalue weighted by molar-refractivity contribution is 6.07. The third-order valence-corrected chi connectivity index (χ3v) is 3.95. The molecule has 2 aromatic heterocycles. The number of aryl methyl sites for hydroxylation is 1. The maximum atomic E-state index is 12.5. The Kier molecular flexibility index (Phi) is 4.92. The molecule has 0 saturated heterocycles. The number of aromatic nitrogens is 4. The number of carbonyl (C=O) groups excluding carboxylic acids is 2. The minimum Gasteiger partial charge on any atom is -0.347 e. The van der Waals surface area contributed by atoms with E-state index in [1.54, 1.807) is 14.1 Å². The van der Waals surface area contributed by atoms with Crippen LogP contribution in [0.15, 0.2) is 36.5 Å². The second-order valence-corrected chi connectivity index (χ2v) is 6.08. The number of amides is 2. The van der Waals surface area contributed by atoms with Gasteiger partial charge in [-0.15, -0.1) is 5.10 Å². The van der Waals surface area contributed by atoms with Crippen molar-refractivity contribution in [3.05, 3.63) is 47.9 Å². The third kappa shape index (κ3) is 3.69. The highest BCUT2D eigenvalue weighted by atomic mass is 16.2. The van der Waals surface area contributed by atoms with Crippen LogP contribution in [0.5, 0.6) is 0 Å². The third-order valence-electron chi connectivity index (χ3n) is 3.95. The molecular weight excluding hydrogens is 332 g/mol. The zero-order valence-corrected chi connectivity index (χ0v) is 14.9. The van der Waals surface area contributed by atoms with E-state index in [1.807, 2.05) is 37.3 Å². The molecule has 2 amide bonds. The summed E-state index contributed by atoms with van der Waals surface area (Å²) in [6, 6.07) is 9.49. The van der Waals surface area contributed by atoms with Crippen molar-refractivity contribution in [3.8, 4) is 0 Å². The molecule has 1 aromatic carbocycles. The molecule has 26 heavy (non-hydrogen) atoms. The number of nitrogens with one attached hydrogen (secondary N) is 1. The van der Waals surface area contributed by atoms with E-state index in [-0.39, 0.29) is 24.1 Å². The van der Waals surface area contributed by atoms with Crippen molar-refractivity contribution in [2.75, 3.05) is 19.4 Å². The SMILES string of the molecule is CCc1cc(NC(=O)c2cn(CC(=O)N(C)C)nn2)c2ccccc2n1. The lowest BCUT2D eigenvalue weighted by molar-refractivity contribution is -0.129. The number of nitrogens with zero attached hydrogens (tertiary/aromatic N) is 5. The number of fused-ring (bicyclic) bond motifs is 1. The summed E-state index contributed by atoms with van der Waals surface area (Å²) in [5.41, 5.74) is 2.54. The number of rotatable bonds is 5. The summed E-state index contributed by atoms with van der Waals surface area (Å²) < 4.78 is 1.35. The van der Waals surface area contributed by atoms with Gasteiger partial charge in [0.15, 0.2) is 5.69 Å². The summed E-state index contributed by atoms with van der Waals surface area (Å²) in [6.45, 7) is 2.04. The summed E-state index contributed by atoms with van der Waals surface area (Å²) in [6.07, 6.45) is 2.22. The van der Waals surface area contributed by atoms with Gasteiger partial charge in [0.2, 0.25) is 5.91 Å². The van der Waals surface area contributed by atoms with Gasteiger partial charge < -0.3 is 10.2 Å². The van der Waals surface area contributed by atoms with Crippen LogP contribution >= 0.6 is 0 Å². The first-order valence-corrected chi connectivity index (χ1v) is 8.28. The number of pyridine rings is 1. The molecule has 134 valence electrons. The average Bonchev–Trinajstić information content (AvgIpc) is 3.10. The van der Waals surface area contributed by atoms with Crippen molar-refractivity contribution in [1.82, 2.24) is 24.9 Å². The molecule has 1 N–H and O–H groups in total. The minimum atomic E-state index is -0.382. The summed E-state index contributed by atoms with van der Waals surface area (Å²) >= 11 is 0. The van der Waals surface area contributed by atoms with Crippen LogP contribution < -0.4 is 5.32 Å². The van der Waals surface area contributed by atoms with Crippen molar-refractivity contribution >= 4 is 28.4 Å². The molecule has 0 fully saturated rings. The molecule has 2 heterocycles. The van der Waals surface area contributed by atoms with Crippen LogP contribution in [0.4, 0.5) is 5.69 Å². The Morgan fingerprint density at radius 3 is 2.73 bits per heavy atom. The fraction of sp³-hybridized carbons (Fsp3) is 0.278. The van der Waals surface area contributed by atoms with Crippen LogP contribution in [0, 0.1) is 0 Å². The molecule has 3 rings (SSSR count). The molecule has 0 bridgehead atoms. The average molecular weight is 352 g/mol. The molecule has 0 unspecified atom stereocenters. The monoisotopic (exact) mass is 352 g/mol. The number of hydrogen-bond acceptors (Lipinski definition) is 5. The van der Waals surface area contributed by atoms with E-state index in [4.69, 9.17) is 0 Å². The van der Waals surface area contributed by atoms with Gasteiger partial charge >= 0.3 is 0 Å². The quantitative estimate of drug-likeness (QED) is 0.755. The molecule has 8 heteroatoms. The van der Waals surface area contributed by atoms with Crippen LogP contribution in [0.25, 0.3) is 10.9 Å². The van der Waals surface area contributed by atoms with E-state index in [2.05, 4.69) is 20.6 Å². The van der Waals surface area contributed by atoms with Gasteiger partial charge in [-0.05, 0) is 18.6 Å². The Bertz CT molecular complexity index is 963. The summed E-state index contributed by atoms with van der Waals surface area (Å²) in [7, 11) is 3.32. The normalized spacial score (nSPS) is 10.7. The van der Waals surface area contributed by atoms with Gasteiger partial charge in [-0.1, -0.05) is 30.3 Å². The van der Waals surface area contributed by atoms with Gasteiger partial charge in [0.05, 0.1) is 17.4 Å². The Morgan fingerprint density at radius 2 is 2.00 bits per heavy atom. The van der Waals surface area contributed by atoms with Crippen molar-refractivity contribution in [3.63, 3.8) is 0 Å². The van der Waals surface area contributed by atoms with Gasteiger partial charge in [0.25, 0.3) is 5.91 Å². The Hall–Kier alpha value is -3.29.